The lowest BCUT2D eigenvalue weighted by molar-refractivity contribution is -0.157. The molecule has 0 bridgehead atoms. The number of benzene rings is 2. The zero-order valence-corrected chi connectivity index (χ0v) is 20.6. The van der Waals surface area contributed by atoms with Gasteiger partial charge in [0.25, 0.3) is 5.91 Å². The van der Waals surface area contributed by atoms with E-state index in [0.29, 0.717) is 24.3 Å². The number of hydrogen-bond acceptors (Lipinski definition) is 5. The van der Waals surface area contributed by atoms with E-state index >= 15 is 0 Å². The van der Waals surface area contributed by atoms with Gasteiger partial charge in [0.05, 0.1) is 11.6 Å². The second kappa shape index (κ2) is 9.40. The van der Waals surface area contributed by atoms with Crippen LogP contribution in [-0.2, 0) is 17.6 Å². The smallest absolute Gasteiger partial charge is 0.339 e. The van der Waals surface area contributed by atoms with Gasteiger partial charge in [-0.2, -0.15) is 0 Å². The van der Waals surface area contributed by atoms with Gasteiger partial charge in [0.15, 0.2) is 6.61 Å². The van der Waals surface area contributed by atoms with Crippen LogP contribution in [0.3, 0.4) is 0 Å². The summed E-state index contributed by atoms with van der Waals surface area (Å²) in [5.74, 6) is 0.438. The molecule has 1 amide bonds. The predicted octanol–water partition coefficient (Wildman–Crippen LogP) is 4.95. The van der Waals surface area contributed by atoms with E-state index < -0.39 is 5.60 Å². The SMILES string of the molecule is O=C(COc1ccc2c3c(c(=O)oc2c1)CCCC3)N1CC[C@@]2(O)CCCC[C@H]2[C@H]1c1ccccc1. The van der Waals surface area contributed by atoms with E-state index in [-0.39, 0.29) is 30.1 Å². The van der Waals surface area contributed by atoms with E-state index in [1.807, 2.05) is 35.2 Å². The topological polar surface area (TPSA) is 80.0 Å². The fourth-order valence-electron chi connectivity index (χ4n) is 6.77. The maximum absolute atomic E-state index is 13.5. The van der Waals surface area contributed by atoms with Crippen molar-refractivity contribution in [1.29, 1.82) is 0 Å². The van der Waals surface area contributed by atoms with Crippen molar-refractivity contribution in [2.75, 3.05) is 13.2 Å². The zero-order valence-electron chi connectivity index (χ0n) is 20.6. The first-order valence-corrected chi connectivity index (χ1v) is 13.3. The Labute approximate surface area is 210 Å². The van der Waals surface area contributed by atoms with Gasteiger partial charge in [-0.3, -0.25) is 4.79 Å². The van der Waals surface area contributed by atoms with Crippen LogP contribution in [0, 0.1) is 5.92 Å². The molecule has 2 fully saturated rings. The number of nitrogens with zero attached hydrogens (tertiary/aromatic N) is 1. The minimum Gasteiger partial charge on any atom is -0.484 e. The fourth-order valence-corrected chi connectivity index (χ4v) is 6.77. The van der Waals surface area contributed by atoms with Crippen molar-refractivity contribution >= 4 is 16.9 Å². The Balaban J connectivity index is 1.23. The van der Waals surface area contributed by atoms with Crippen molar-refractivity contribution in [3.8, 4) is 5.75 Å². The van der Waals surface area contributed by atoms with Gasteiger partial charge in [0.1, 0.15) is 11.3 Å². The third-order valence-electron chi connectivity index (χ3n) is 8.59. The number of carbonyl (C=O) groups is 1. The fraction of sp³-hybridized carbons (Fsp3) is 0.467. The van der Waals surface area contributed by atoms with Crippen molar-refractivity contribution in [3.05, 3.63) is 75.6 Å². The van der Waals surface area contributed by atoms with Crippen LogP contribution in [0.2, 0.25) is 0 Å². The van der Waals surface area contributed by atoms with E-state index in [2.05, 4.69) is 12.1 Å². The molecule has 0 spiro atoms. The van der Waals surface area contributed by atoms with Crippen LogP contribution >= 0.6 is 0 Å². The van der Waals surface area contributed by atoms with Gasteiger partial charge in [-0.15, -0.1) is 0 Å². The normalized spacial score (nSPS) is 25.8. The highest BCUT2D eigenvalue weighted by Gasteiger charge is 2.50. The molecule has 2 heterocycles. The number of carbonyl (C=O) groups excluding carboxylic acids is 1. The van der Waals surface area contributed by atoms with Gasteiger partial charge in [-0.05, 0) is 68.2 Å². The number of aryl methyl sites for hydroxylation is 1. The Morgan fingerprint density at radius 1 is 1.03 bits per heavy atom. The van der Waals surface area contributed by atoms with Crippen molar-refractivity contribution in [2.45, 2.75) is 69.4 Å². The summed E-state index contributed by atoms with van der Waals surface area (Å²) in [5.41, 5.74) is 2.49. The van der Waals surface area contributed by atoms with Crippen molar-refractivity contribution in [2.24, 2.45) is 5.92 Å². The van der Waals surface area contributed by atoms with Crippen molar-refractivity contribution in [3.63, 3.8) is 0 Å². The monoisotopic (exact) mass is 487 g/mol. The molecule has 1 N–H and O–H groups in total. The molecule has 1 aromatic heterocycles. The van der Waals surface area contributed by atoms with Crippen LogP contribution in [0.1, 0.15) is 67.7 Å². The summed E-state index contributed by atoms with van der Waals surface area (Å²) >= 11 is 0. The van der Waals surface area contributed by atoms with Crippen molar-refractivity contribution < 1.29 is 19.1 Å². The second-order valence-corrected chi connectivity index (χ2v) is 10.6. The lowest BCUT2D eigenvalue weighted by Gasteiger charge is -2.52. The first-order chi connectivity index (χ1) is 17.5. The largest absolute Gasteiger partial charge is 0.484 e. The Morgan fingerprint density at radius 2 is 1.83 bits per heavy atom. The third-order valence-corrected chi connectivity index (χ3v) is 8.59. The molecule has 36 heavy (non-hydrogen) atoms. The minimum atomic E-state index is -0.717. The van der Waals surface area contributed by atoms with Crippen LogP contribution in [0.5, 0.6) is 5.75 Å². The number of ether oxygens (including phenoxy) is 1. The summed E-state index contributed by atoms with van der Waals surface area (Å²) in [4.78, 5) is 27.9. The maximum Gasteiger partial charge on any atom is 0.339 e. The standard InChI is InChI=1S/C30H33NO5/c32-27(19-35-21-13-14-23-22-10-4-5-11-24(22)29(33)36-26(23)18-21)31-17-16-30(34)15-7-6-12-25(30)28(31)20-8-2-1-3-9-20/h1-3,8-9,13-14,18,25,28,34H,4-7,10-12,15-17,19H2/t25-,28+,30-/m0/s1. The molecule has 1 saturated heterocycles. The average molecular weight is 488 g/mol. The molecule has 3 aliphatic rings. The van der Waals surface area contributed by atoms with Gasteiger partial charge in [0, 0.05) is 29.5 Å². The van der Waals surface area contributed by atoms with Crippen LogP contribution < -0.4 is 10.4 Å². The summed E-state index contributed by atoms with van der Waals surface area (Å²) in [6, 6.07) is 15.4. The van der Waals surface area contributed by atoms with Crippen molar-refractivity contribution in [1.82, 2.24) is 4.90 Å². The minimum absolute atomic E-state index is 0.0208. The highest BCUT2D eigenvalue weighted by Crippen LogP contribution is 2.49. The summed E-state index contributed by atoms with van der Waals surface area (Å²) in [6.07, 6.45) is 8.17. The van der Waals surface area contributed by atoms with E-state index in [4.69, 9.17) is 9.15 Å². The first-order valence-electron chi connectivity index (χ1n) is 13.3. The van der Waals surface area contributed by atoms with E-state index in [1.54, 1.807) is 6.07 Å². The summed E-state index contributed by atoms with van der Waals surface area (Å²) in [5, 5.41) is 12.4. The highest BCUT2D eigenvalue weighted by molar-refractivity contribution is 5.83. The third kappa shape index (κ3) is 4.11. The van der Waals surface area contributed by atoms with E-state index in [1.165, 1.54) is 0 Å². The number of amides is 1. The Kier molecular flexibility index (Phi) is 6.08. The summed E-state index contributed by atoms with van der Waals surface area (Å²) < 4.78 is 11.6. The number of piperidine rings is 1. The maximum atomic E-state index is 13.5. The summed E-state index contributed by atoms with van der Waals surface area (Å²) in [7, 11) is 0. The van der Waals surface area contributed by atoms with E-state index in [0.717, 1.165) is 73.4 Å². The number of likely N-dealkylation sites (tertiary alicyclic amines) is 1. The van der Waals surface area contributed by atoms with Crippen LogP contribution in [0.4, 0.5) is 0 Å². The molecule has 6 heteroatoms. The van der Waals surface area contributed by atoms with Gasteiger partial charge < -0.3 is 19.2 Å². The molecule has 2 aromatic carbocycles. The molecule has 188 valence electrons. The number of aliphatic hydroxyl groups is 1. The number of fused-ring (bicyclic) bond motifs is 4. The molecule has 1 aliphatic heterocycles. The highest BCUT2D eigenvalue weighted by atomic mass is 16.5. The Bertz CT molecular complexity index is 1330. The molecule has 6 nitrogen and oxygen atoms in total. The molecule has 2 aliphatic carbocycles. The van der Waals surface area contributed by atoms with Gasteiger partial charge >= 0.3 is 5.63 Å². The Hall–Kier alpha value is -3.12. The molecular weight excluding hydrogens is 454 g/mol. The molecule has 1 saturated carbocycles. The zero-order chi connectivity index (χ0) is 24.7. The summed E-state index contributed by atoms with van der Waals surface area (Å²) in [6.45, 7) is 0.405. The number of hydrogen-bond donors (Lipinski definition) is 1. The Morgan fingerprint density at radius 3 is 2.67 bits per heavy atom. The quantitative estimate of drug-likeness (QED) is 0.527. The van der Waals surface area contributed by atoms with Crippen LogP contribution in [0.25, 0.3) is 11.0 Å². The molecule has 0 radical (unpaired) electrons. The van der Waals surface area contributed by atoms with Gasteiger partial charge in [-0.25, -0.2) is 4.79 Å². The first kappa shape index (κ1) is 23.3. The van der Waals surface area contributed by atoms with Crippen LogP contribution in [0.15, 0.2) is 57.7 Å². The lowest BCUT2D eigenvalue weighted by Crippen LogP contribution is -2.56. The lowest BCUT2D eigenvalue weighted by atomic mass is 9.66. The molecule has 3 atom stereocenters. The number of rotatable bonds is 4. The molecule has 0 unspecified atom stereocenters. The molecule has 3 aromatic rings. The van der Waals surface area contributed by atoms with Crippen LogP contribution in [-0.4, -0.2) is 34.7 Å². The van der Waals surface area contributed by atoms with E-state index in [9.17, 15) is 14.7 Å². The average Bonchev–Trinajstić information content (AvgIpc) is 2.91. The molecular formula is C30H33NO5. The molecule has 6 rings (SSSR count). The van der Waals surface area contributed by atoms with Gasteiger partial charge in [-0.1, -0.05) is 43.2 Å². The second-order valence-electron chi connectivity index (χ2n) is 10.6. The predicted molar refractivity (Wildman–Crippen MR) is 137 cm³/mol. The van der Waals surface area contributed by atoms with Gasteiger partial charge in [0.2, 0.25) is 0 Å².